The number of halogens is 4. The summed E-state index contributed by atoms with van der Waals surface area (Å²) in [7, 11) is 0. The van der Waals surface area contributed by atoms with Gasteiger partial charge in [-0.3, -0.25) is 14.9 Å². The van der Waals surface area contributed by atoms with Crippen LogP contribution < -0.4 is 19.7 Å². The summed E-state index contributed by atoms with van der Waals surface area (Å²) in [5.74, 6) is -1.02. The van der Waals surface area contributed by atoms with E-state index in [4.69, 9.17) is 44.3 Å². The van der Waals surface area contributed by atoms with Crippen molar-refractivity contribution >= 4 is 80.3 Å². The first-order valence-corrected chi connectivity index (χ1v) is 13.2. The minimum Gasteiger partial charge on any atom is -0.490 e. The number of barbiturate groups is 1. The van der Waals surface area contributed by atoms with Gasteiger partial charge >= 0.3 is 6.03 Å². The molecule has 0 atom stereocenters. The molecule has 11 heteroatoms. The van der Waals surface area contributed by atoms with E-state index in [1.54, 1.807) is 49.4 Å². The highest BCUT2D eigenvalue weighted by Gasteiger charge is 2.37. The monoisotopic (exact) mass is 636 g/mol. The number of carbonyl (C=O) groups excluding carboxylic acids is 3. The second kappa shape index (κ2) is 11.8. The topological polar surface area (TPSA) is 84.9 Å². The van der Waals surface area contributed by atoms with Crippen LogP contribution in [-0.2, 0) is 16.2 Å². The Kier molecular flexibility index (Phi) is 8.67. The minimum atomic E-state index is -0.837. The Morgan fingerprint density at radius 1 is 0.974 bits per heavy atom. The van der Waals surface area contributed by atoms with Crippen LogP contribution in [0.2, 0.25) is 15.1 Å². The number of hydrogen-bond donors (Lipinski definition) is 1. The van der Waals surface area contributed by atoms with Crippen LogP contribution >= 0.6 is 50.7 Å². The number of benzene rings is 3. The molecular formula is C27H20BrCl3N2O5. The summed E-state index contributed by atoms with van der Waals surface area (Å²) < 4.78 is 12.5. The van der Waals surface area contributed by atoms with E-state index < -0.39 is 17.8 Å². The molecule has 196 valence electrons. The van der Waals surface area contributed by atoms with Crippen molar-refractivity contribution in [3.05, 3.63) is 90.3 Å². The van der Waals surface area contributed by atoms with Crippen LogP contribution in [0.4, 0.5) is 10.5 Å². The Hall–Kier alpha value is -3.04. The average molecular weight is 639 g/mol. The van der Waals surface area contributed by atoms with E-state index >= 15 is 0 Å². The molecule has 0 aliphatic carbocycles. The number of urea groups is 1. The third-order valence-corrected chi connectivity index (χ3v) is 7.29. The maximum absolute atomic E-state index is 13.3. The molecule has 3 aromatic rings. The first kappa shape index (κ1) is 28.0. The van der Waals surface area contributed by atoms with Crippen LogP contribution in [0.15, 0.2) is 58.6 Å². The Morgan fingerprint density at radius 2 is 1.74 bits per heavy atom. The molecule has 3 aromatic carbocycles. The van der Waals surface area contributed by atoms with Gasteiger partial charge in [0.25, 0.3) is 11.8 Å². The molecular weight excluding hydrogens is 619 g/mol. The van der Waals surface area contributed by atoms with Crippen LogP contribution in [0.25, 0.3) is 6.08 Å². The summed E-state index contributed by atoms with van der Waals surface area (Å²) in [5.41, 5.74) is 1.98. The van der Waals surface area contributed by atoms with Crippen molar-refractivity contribution < 1.29 is 23.9 Å². The van der Waals surface area contributed by atoms with Gasteiger partial charge in [-0.15, -0.1) is 0 Å². The van der Waals surface area contributed by atoms with Crippen molar-refractivity contribution in [2.45, 2.75) is 20.5 Å². The number of amides is 4. The molecule has 1 fully saturated rings. The fourth-order valence-corrected chi connectivity index (χ4v) is 4.67. The van der Waals surface area contributed by atoms with Gasteiger partial charge in [-0.1, -0.05) is 56.8 Å². The van der Waals surface area contributed by atoms with Crippen LogP contribution in [-0.4, -0.2) is 24.5 Å². The Morgan fingerprint density at radius 3 is 2.42 bits per heavy atom. The van der Waals surface area contributed by atoms with E-state index in [-0.39, 0.29) is 23.0 Å². The molecule has 0 spiro atoms. The summed E-state index contributed by atoms with van der Waals surface area (Å²) in [6, 6.07) is 12.3. The SMILES string of the molecule is CCOc1cc(/C=C2\C(=O)NC(=O)N(c3ccc(Br)c(C)c3)C2=O)cc(Cl)c1OCc1ccc(Cl)cc1Cl. The second-order valence-electron chi connectivity index (χ2n) is 8.18. The third kappa shape index (κ3) is 5.99. The molecule has 38 heavy (non-hydrogen) atoms. The molecule has 1 saturated heterocycles. The highest BCUT2D eigenvalue weighted by atomic mass is 79.9. The molecule has 4 rings (SSSR count). The second-order valence-corrected chi connectivity index (χ2v) is 10.3. The van der Waals surface area contributed by atoms with E-state index in [9.17, 15) is 14.4 Å². The summed E-state index contributed by atoms with van der Waals surface area (Å²) in [5, 5.41) is 3.34. The first-order valence-electron chi connectivity index (χ1n) is 11.3. The molecule has 0 unspecified atom stereocenters. The number of anilines is 1. The number of nitrogens with one attached hydrogen (secondary N) is 1. The largest absolute Gasteiger partial charge is 0.490 e. The number of aryl methyl sites for hydroxylation is 1. The van der Waals surface area contributed by atoms with Crippen LogP contribution in [0.1, 0.15) is 23.6 Å². The number of ether oxygens (including phenoxy) is 2. The van der Waals surface area contributed by atoms with Gasteiger partial charge in [0.1, 0.15) is 12.2 Å². The minimum absolute atomic E-state index is 0.0980. The van der Waals surface area contributed by atoms with Gasteiger partial charge < -0.3 is 9.47 Å². The highest BCUT2D eigenvalue weighted by molar-refractivity contribution is 9.10. The molecule has 1 aliphatic heterocycles. The van der Waals surface area contributed by atoms with E-state index in [1.165, 1.54) is 12.1 Å². The Balaban J connectivity index is 1.67. The van der Waals surface area contributed by atoms with E-state index in [1.807, 2.05) is 6.92 Å². The quantitative estimate of drug-likeness (QED) is 0.216. The molecule has 4 amide bonds. The van der Waals surface area contributed by atoms with Gasteiger partial charge in [0.2, 0.25) is 0 Å². The maximum Gasteiger partial charge on any atom is 0.335 e. The number of hydrogen-bond acceptors (Lipinski definition) is 5. The van der Waals surface area contributed by atoms with Gasteiger partial charge in [0, 0.05) is 20.1 Å². The first-order chi connectivity index (χ1) is 18.1. The van der Waals surface area contributed by atoms with Gasteiger partial charge in [-0.05, 0) is 73.5 Å². The Bertz CT molecular complexity index is 1490. The van der Waals surface area contributed by atoms with Crippen molar-refractivity contribution in [1.29, 1.82) is 0 Å². The molecule has 1 heterocycles. The predicted molar refractivity (Wildman–Crippen MR) is 151 cm³/mol. The third-order valence-electron chi connectivity index (χ3n) is 5.53. The molecule has 0 bridgehead atoms. The number of rotatable bonds is 7. The Labute approximate surface area is 242 Å². The van der Waals surface area contributed by atoms with Crippen LogP contribution in [0.5, 0.6) is 11.5 Å². The van der Waals surface area contributed by atoms with Crippen molar-refractivity contribution in [2.75, 3.05) is 11.5 Å². The fourth-order valence-electron chi connectivity index (χ4n) is 3.69. The highest BCUT2D eigenvalue weighted by Crippen LogP contribution is 2.38. The van der Waals surface area contributed by atoms with Crippen LogP contribution in [0.3, 0.4) is 0 Å². The van der Waals surface area contributed by atoms with Gasteiger partial charge in [-0.2, -0.15) is 0 Å². The molecule has 0 radical (unpaired) electrons. The van der Waals surface area contributed by atoms with Crippen molar-refractivity contribution in [3.8, 4) is 11.5 Å². The normalized spacial score (nSPS) is 14.6. The zero-order valence-electron chi connectivity index (χ0n) is 20.1. The summed E-state index contributed by atoms with van der Waals surface area (Å²) in [6.45, 7) is 4.02. The van der Waals surface area contributed by atoms with Crippen molar-refractivity contribution in [2.24, 2.45) is 0 Å². The predicted octanol–water partition coefficient (Wildman–Crippen LogP) is 7.36. The fraction of sp³-hybridized carbons (Fsp3) is 0.148. The summed E-state index contributed by atoms with van der Waals surface area (Å²) >= 11 is 22.1. The lowest BCUT2D eigenvalue weighted by atomic mass is 10.1. The van der Waals surface area contributed by atoms with E-state index in [0.717, 1.165) is 14.9 Å². The molecule has 1 N–H and O–H groups in total. The summed E-state index contributed by atoms with van der Waals surface area (Å²) in [4.78, 5) is 39.4. The molecule has 1 aliphatic rings. The van der Waals surface area contributed by atoms with E-state index in [0.29, 0.717) is 39.2 Å². The zero-order chi connectivity index (χ0) is 27.6. The number of imide groups is 2. The zero-order valence-corrected chi connectivity index (χ0v) is 24.0. The summed E-state index contributed by atoms with van der Waals surface area (Å²) in [6.07, 6.45) is 1.34. The smallest absolute Gasteiger partial charge is 0.335 e. The molecule has 7 nitrogen and oxygen atoms in total. The van der Waals surface area contributed by atoms with Gasteiger partial charge in [0.15, 0.2) is 11.5 Å². The number of nitrogens with zero attached hydrogens (tertiary/aromatic N) is 1. The van der Waals surface area contributed by atoms with Gasteiger partial charge in [0.05, 0.1) is 17.3 Å². The van der Waals surface area contributed by atoms with E-state index in [2.05, 4.69) is 21.2 Å². The molecule has 0 saturated carbocycles. The van der Waals surface area contributed by atoms with Gasteiger partial charge in [-0.25, -0.2) is 9.69 Å². The number of carbonyl (C=O) groups is 3. The van der Waals surface area contributed by atoms with Crippen molar-refractivity contribution in [1.82, 2.24) is 5.32 Å². The average Bonchev–Trinajstić information content (AvgIpc) is 2.84. The standard InChI is InChI=1S/C27H20BrCl3N2O5/c1-3-37-23-11-15(10-22(31)24(23)38-13-16-4-5-17(29)12-21(16)30)9-19-25(34)32-27(36)33(26(19)35)18-6-7-20(28)14(2)8-18/h4-12H,3,13H2,1-2H3,(H,32,34,36)/b19-9+. The van der Waals surface area contributed by atoms with Crippen molar-refractivity contribution in [3.63, 3.8) is 0 Å². The lowest BCUT2D eigenvalue weighted by Gasteiger charge is -2.26. The van der Waals surface area contributed by atoms with Crippen LogP contribution in [0, 0.1) is 6.92 Å². The lowest BCUT2D eigenvalue weighted by molar-refractivity contribution is -0.122. The molecule has 0 aromatic heterocycles. The lowest BCUT2D eigenvalue weighted by Crippen LogP contribution is -2.54. The maximum atomic E-state index is 13.3.